The molecule has 6 heteroatoms. The lowest BCUT2D eigenvalue weighted by atomic mass is 10.1. The molecule has 2 rings (SSSR count). The Hall–Kier alpha value is -1.17. The first-order valence-corrected chi connectivity index (χ1v) is 6.05. The van der Waals surface area contributed by atoms with Crippen LogP contribution in [0, 0.1) is 5.82 Å². The fraction of sp³-hybridized carbons (Fsp3) is 0.462. The van der Waals surface area contributed by atoms with E-state index in [9.17, 15) is 9.18 Å². The first kappa shape index (κ1) is 15.9. The fourth-order valence-electron chi connectivity index (χ4n) is 2.04. The molecule has 1 atom stereocenters. The summed E-state index contributed by atoms with van der Waals surface area (Å²) in [5.41, 5.74) is 6.27. The van der Waals surface area contributed by atoms with Crippen molar-refractivity contribution >= 4 is 18.3 Å². The standard InChI is InChI=1S/C13H17FN2O2.ClH/c14-11-3-1-10(2-4-11)12-9-16(7-8-18-12)13(17)5-6-15;/h1-4,12H,5-9,15H2;1H. The van der Waals surface area contributed by atoms with Crippen LogP contribution < -0.4 is 5.73 Å². The van der Waals surface area contributed by atoms with Crippen LogP contribution in [0.1, 0.15) is 18.1 Å². The second-order valence-corrected chi connectivity index (χ2v) is 4.29. The summed E-state index contributed by atoms with van der Waals surface area (Å²) in [6.45, 7) is 1.96. The molecule has 1 amide bonds. The average molecular weight is 289 g/mol. The maximum atomic E-state index is 12.8. The van der Waals surface area contributed by atoms with Gasteiger partial charge in [-0.25, -0.2) is 4.39 Å². The minimum atomic E-state index is -0.273. The van der Waals surface area contributed by atoms with E-state index in [1.165, 1.54) is 12.1 Å². The van der Waals surface area contributed by atoms with Gasteiger partial charge < -0.3 is 15.4 Å². The number of nitrogens with zero attached hydrogens (tertiary/aromatic N) is 1. The molecule has 1 unspecified atom stereocenters. The summed E-state index contributed by atoms with van der Waals surface area (Å²) in [5, 5.41) is 0. The molecule has 1 aromatic rings. The Morgan fingerprint density at radius 3 is 2.74 bits per heavy atom. The van der Waals surface area contributed by atoms with Crippen molar-refractivity contribution in [3.05, 3.63) is 35.6 Å². The van der Waals surface area contributed by atoms with Gasteiger partial charge in [-0.05, 0) is 17.7 Å². The minimum absolute atomic E-state index is 0. The quantitative estimate of drug-likeness (QED) is 0.917. The van der Waals surface area contributed by atoms with Crippen molar-refractivity contribution in [2.24, 2.45) is 5.73 Å². The number of rotatable bonds is 3. The van der Waals surface area contributed by atoms with E-state index in [0.29, 0.717) is 32.7 Å². The Morgan fingerprint density at radius 1 is 1.42 bits per heavy atom. The molecular formula is C13H18ClFN2O2. The Bertz CT molecular complexity index is 414. The number of nitrogens with two attached hydrogens (primary N) is 1. The maximum absolute atomic E-state index is 12.8. The molecule has 0 aliphatic carbocycles. The van der Waals surface area contributed by atoms with E-state index in [1.807, 2.05) is 0 Å². The van der Waals surface area contributed by atoms with Gasteiger partial charge in [0.2, 0.25) is 5.91 Å². The van der Waals surface area contributed by atoms with E-state index in [-0.39, 0.29) is 30.2 Å². The monoisotopic (exact) mass is 288 g/mol. The summed E-state index contributed by atoms with van der Waals surface area (Å²) in [6.07, 6.45) is 0.178. The highest BCUT2D eigenvalue weighted by atomic mass is 35.5. The summed E-state index contributed by atoms with van der Waals surface area (Å²) in [5.74, 6) is -0.224. The molecule has 0 saturated carbocycles. The van der Waals surface area contributed by atoms with Crippen molar-refractivity contribution in [2.75, 3.05) is 26.2 Å². The molecule has 106 valence electrons. The van der Waals surface area contributed by atoms with Gasteiger partial charge in [0.1, 0.15) is 11.9 Å². The predicted octanol–water partition coefficient (Wildman–Crippen LogP) is 1.50. The third kappa shape index (κ3) is 4.16. The third-order valence-corrected chi connectivity index (χ3v) is 3.02. The first-order chi connectivity index (χ1) is 8.70. The predicted molar refractivity (Wildman–Crippen MR) is 72.6 cm³/mol. The number of carbonyl (C=O) groups is 1. The molecule has 1 heterocycles. The van der Waals surface area contributed by atoms with E-state index in [1.54, 1.807) is 17.0 Å². The van der Waals surface area contributed by atoms with Crippen LogP contribution in [0.2, 0.25) is 0 Å². The van der Waals surface area contributed by atoms with Crippen LogP contribution in [-0.2, 0) is 9.53 Å². The average Bonchev–Trinajstić information content (AvgIpc) is 2.40. The first-order valence-electron chi connectivity index (χ1n) is 6.05. The molecule has 0 aromatic heterocycles. The zero-order valence-corrected chi connectivity index (χ0v) is 11.4. The normalized spacial score (nSPS) is 18.8. The van der Waals surface area contributed by atoms with Crippen LogP contribution in [0.4, 0.5) is 4.39 Å². The fourth-order valence-corrected chi connectivity index (χ4v) is 2.04. The van der Waals surface area contributed by atoms with Gasteiger partial charge in [-0.15, -0.1) is 12.4 Å². The lowest BCUT2D eigenvalue weighted by molar-refractivity contribution is -0.138. The number of hydrogen-bond donors (Lipinski definition) is 1. The second-order valence-electron chi connectivity index (χ2n) is 4.29. The second kappa shape index (κ2) is 7.43. The molecule has 1 aliphatic rings. The van der Waals surface area contributed by atoms with Crippen molar-refractivity contribution in [3.8, 4) is 0 Å². The molecule has 0 spiro atoms. The minimum Gasteiger partial charge on any atom is -0.370 e. The molecular weight excluding hydrogens is 271 g/mol. The van der Waals surface area contributed by atoms with Gasteiger partial charge in [-0.1, -0.05) is 12.1 Å². The SMILES string of the molecule is Cl.NCCC(=O)N1CCOC(c2ccc(F)cc2)C1. The Morgan fingerprint density at radius 2 is 2.11 bits per heavy atom. The molecule has 2 N–H and O–H groups in total. The van der Waals surface area contributed by atoms with Crippen molar-refractivity contribution < 1.29 is 13.9 Å². The van der Waals surface area contributed by atoms with E-state index in [4.69, 9.17) is 10.5 Å². The lowest BCUT2D eigenvalue weighted by Gasteiger charge is -2.33. The summed E-state index contributed by atoms with van der Waals surface area (Å²) in [4.78, 5) is 13.5. The highest BCUT2D eigenvalue weighted by Gasteiger charge is 2.24. The molecule has 1 fully saturated rings. The molecule has 4 nitrogen and oxygen atoms in total. The molecule has 1 aromatic carbocycles. The summed E-state index contributed by atoms with van der Waals surface area (Å²) >= 11 is 0. The van der Waals surface area contributed by atoms with Crippen molar-refractivity contribution in [1.29, 1.82) is 0 Å². The highest BCUT2D eigenvalue weighted by molar-refractivity contribution is 5.85. The van der Waals surface area contributed by atoms with E-state index < -0.39 is 0 Å². The summed E-state index contributed by atoms with van der Waals surface area (Å²) in [7, 11) is 0. The Kier molecular flexibility index (Phi) is 6.21. The Balaban J connectivity index is 0.00000180. The number of amides is 1. The van der Waals surface area contributed by atoms with Crippen LogP contribution in [0.3, 0.4) is 0 Å². The number of halogens is 2. The van der Waals surface area contributed by atoms with E-state index in [2.05, 4.69) is 0 Å². The topological polar surface area (TPSA) is 55.6 Å². The van der Waals surface area contributed by atoms with Crippen LogP contribution in [-0.4, -0.2) is 37.0 Å². The van der Waals surface area contributed by atoms with E-state index in [0.717, 1.165) is 5.56 Å². The number of ether oxygens (including phenoxy) is 1. The molecule has 0 bridgehead atoms. The largest absolute Gasteiger partial charge is 0.370 e. The molecule has 1 saturated heterocycles. The number of morpholine rings is 1. The number of carbonyl (C=O) groups excluding carboxylic acids is 1. The van der Waals surface area contributed by atoms with Crippen LogP contribution in [0.15, 0.2) is 24.3 Å². The van der Waals surface area contributed by atoms with Gasteiger partial charge in [0.05, 0.1) is 13.2 Å². The zero-order valence-electron chi connectivity index (χ0n) is 10.5. The zero-order chi connectivity index (χ0) is 13.0. The highest BCUT2D eigenvalue weighted by Crippen LogP contribution is 2.22. The van der Waals surface area contributed by atoms with E-state index >= 15 is 0 Å². The number of hydrogen-bond acceptors (Lipinski definition) is 3. The van der Waals surface area contributed by atoms with Gasteiger partial charge in [0.15, 0.2) is 0 Å². The third-order valence-electron chi connectivity index (χ3n) is 3.02. The molecule has 19 heavy (non-hydrogen) atoms. The maximum Gasteiger partial charge on any atom is 0.224 e. The molecule has 0 radical (unpaired) electrons. The summed E-state index contributed by atoms with van der Waals surface area (Å²) < 4.78 is 18.5. The van der Waals surface area contributed by atoms with Gasteiger partial charge in [0.25, 0.3) is 0 Å². The van der Waals surface area contributed by atoms with Gasteiger partial charge in [0, 0.05) is 19.5 Å². The van der Waals surface area contributed by atoms with Crippen molar-refractivity contribution in [1.82, 2.24) is 4.90 Å². The number of benzene rings is 1. The van der Waals surface area contributed by atoms with Gasteiger partial charge in [-0.3, -0.25) is 4.79 Å². The van der Waals surface area contributed by atoms with Crippen LogP contribution >= 0.6 is 12.4 Å². The molecule has 1 aliphatic heterocycles. The van der Waals surface area contributed by atoms with Crippen molar-refractivity contribution in [3.63, 3.8) is 0 Å². The van der Waals surface area contributed by atoms with Crippen molar-refractivity contribution in [2.45, 2.75) is 12.5 Å². The van der Waals surface area contributed by atoms with Gasteiger partial charge in [-0.2, -0.15) is 0 Å². The van der Waals surface area contributed by atoms with Crippen LogP contribution in [0.25, 0.3) is 0 Å². The lowest BCUT2D eigenvalue weighted by Crippen LogP contribution is -2.42. The smallest absolute Gasteiger partial charge is 0.224 e. The summed E-state index contributed by atoms with van der Waals surface area (Å²) in [6, 6.07) is 6.19. The van der Waals surface area contributed by atoms with Crippen LogP contribution in [0.5, 0.6) is 0 Å². The van der Waals surface area contributed by atoms with Gasteiger partial charge >= 0.3 is 0 Å². The Labute approximate surface area is 118 Å².